The van der Waals surface area contributed by atoms with Gasteiger partial charge in [0.2, 0.25) is 5.91 Å². The number of amides is 1. The highest BCUT2D eigenvalue weighted by Crippen LogP contribution is 2.37. The van der Waals surface area contributed by atoms with E-state index in [2.05, 4.69) is 27.0 Å². The first kappa shape index (κ1) is 19.5. The Morgan fingerprint density at radius 2 is 1.89 bits per heavy atom. The van der Waals surface area contributed by atoms with E-state index in [1.54, 1.807) is 11.3 Å². The number of hydrogen-bond donors (Lipinski definition) is 2. The molecular weight excluding hydrogens is 372 g/mol. The molecule has 0 spiro atoms. The zero-order chi connectivity index (χ0) is 19.5. The molecule has 2 aliphatic rings. The lowest BCUT2D eigenvalue weighted by Crippen LogP contribution is -2.49. The molecule has 1 aliphatic heterocycles. The van der Waals surface area contributed by atoms with Crippen LogP contribution in [0.4, 0.5) is 5.82 Å². The first-order valence-electron chi connectivity index (χ1n) is 10.4. The predicted octanol–water partition coefficient (Wildman–Crippen LogP) is 1.80. The van der Waals surface area contributed by atoms with Gasteiger partial charge in [-0.1, -0.05) is 6.92 Å². The number of nitrogens with two attached hydrogens (primary N) is 1. The maximum absolute atomic E-state index is 11.9. The van der Waals surface area contributed by atoms with Gasteiger partial charge >= 0.3 is 0 Å². The Hall–Kier alpha value is -1.77. The zero-order valence-electron chi connectivity index (χ0n) is 16.7. The van der Waals surface area contributed by atoms with Crippen LogP contribution in [0.5, 0.6) is 0 Å². The lowest BCUT2D eigenvalue weighted by Gasteiger charge is -2.33. The normalized spacial score (nSPS) is 18.3. The molecule has 7 nitrogen and oxygen atoms in total. The lowest BCUT2D eigenvalue weighted by atomic mass is 9.97. The van der Waals surface area contributed by atoms with E-state index in [9.17, 15) is 4.79 Å². The molecule has 1 amide bonds. The number of carbonyl (C=O) groups excluding carboxylic acids is 1. The lowest BCUT2D eigenvalue weighted by molar-refractivity contribution is -0.122. The van der Waals surface area contributed by atoms with Gasteiger partial charge in [0, 0.05) is 37.6 Å². The predicted molar refractivity (Wildman–Crippen MR) is 113 cm³/mol. The minimum absolute atomic E-state index is 0.124. The standard InChI is InChI=1S/C20H30N6OS/c1-2-7-22-17(27)13-26-10-8-25(9-11-26)12-16-23-19(21)18-14-5-3-4-6-15(14)28-20(18)24-16/h2-13H2,1H3,(H,22,27)(H2,21,23,24). The molecule has 152 valence electrons. The monoisotopic (exact) mass is 402 g/mol. The molecule has 1 fully saturated rings. The molecule has 2 aromatic heterocycles. The van der Waals surface area contributed by atoms with E-state index in [0.29, 0.717) is 12.4 Å². The van der Waals surface area contributed by atoms with Gasteiger partial charge in [0.05, 0.1) is 18.5 Å². The number of aromatic nitrogens is 2. The summed E-state index contributed by atoms with van der Waals surface area (Å²) < 4.78 is 0. The number of rotatable bonds is 6. The molecule has 0 unspecified atom stereocenters. The van der Waals surface area contributed by atoms with Crippen LogP contribution in [0.1, 0.15) is 42.5 Å². The van der Waals surface area contributed by atoms with Crippen LogP contribution in [-0.2, 0) is 24.2 Å². The number of nitrogen functional groups attached to an aromatic ring is 1. The van der Waals surface area contributed by atoms with Gasteiger partial charge in [0.15, 0.2) is 0 Å². The molecule has 1 aliphatic carbocycles. The van der Waals surface area contributed by atoms with Gasteiger partial charge in [-0.3, -0.25) is 14.6 Å². The summed E-state index contributed by atoms with van der Waals surface area (Å²) in [5.41, 5.74) is 7.73. The average molecular weight is 403 g/mol. The zero-order valence-corrected chi connectivity index (χ0v) is 17.5. The Kier molecular flexibility index (Phi) is 6.08. The number of nitrogens with one attached hydrogen (secondary N) is 1. The third-order valence-electron chi connectivity index (χ3n) is 5.66. The second-order valence-electron chi connectivity index (χ2n) is 7.82. The van der Waals surface area contributed by atoms with Crippen molar-refractivity contribution in [1.29, 1.82) is 0 Å². The highest BCUT2D eigenvalue weighted by molar-refractivity contribution is 7.19. The summed E-state index contributed by atoms with van der Waals surface area (Å²) in [6, 6.07) is 0. The third kappa shape index (κ3) is 4.29. The van der Waals surface area contributed by atoms with E-state index < -0.39 is 0 Å². The first-order chi connectivity index (χ1) is 13.6. The average Bonchev–Trinajstić information content (AvgIpc) is 3.06. The summed E-state index contributed by atoms with van der Waals surface area (Å²) in [6.07, 6.45) is 5.73. The molecule has 3 N–H and O–H groups in total. The van der Waals surface area contributed by atoms with Crippen molar-refractivity contribution in [2.24, 2.45) is 0 Å². The van der Waals surface area contributed by atoms with Crippen LogP contribution in [0.15, 0.2) is 0 Å². The highest BCUT2D eigenvalue weighted by atomic mass is 32.1. The highest BCUT2D eigenvalue weighted by Gasteiger charge is 2.22. The van der Waals surface area contributed by atoms with Gasteiger partial charge < -0.3 is 11.1 Å². The van der Waals surface area contributed by atoms with Gasteiger partial charge in [0.1, 0.15) is 16.5 Å². The van der Waals surface area contributed by atoms with Gasteiger partial charge in [-0.05, 0) is 37.7 Å². The van der Waals surface area contributed by atoms with Crippen LogP contribution in [0.3, 0.4) is 0 Å². The van der Waals surface area contributed by atoms with E-state index in [0.717, 1.165) is 74.6 Å². The molecule has 0 radical (unpaired) electrons. The molecule has 0 aromatic carbocycles. The third-order valence-corrected chi connectivity index (χ3v) is 6.84. The number of hydrogen-bond acceptors (Lipinski definition) is 7. The molecule has 8 heteroatoms. The van der Waals surface area contributed by atoms with Crippen LogP contribution in [0.25, 0.3) is 10.2 Å². The number of anilines is 1. The van der Waals surface area contributed by atoms with Crippen LogP contribution >= 0.6 is 11.3 Å². The Morgan fingerprint density at radius 3 is 2.68 bits per heavy atom. The maximum atomic E-state index is 11.9. The fraction of sp³-hybridized carbons (Fsp3) is 0.650. The van der Waals surface area contributed by atoms with Crippen molar-refractivity contribution in [1.82, 2.24) is 25.1 Å². The topological polar surface area (TPSA) is 87.4 Å². The summed E-state index contributed by atoms with van der Waals surface area (Å²) in [4.78, 5) is 28.4. The van der Waals surface area contributed by atoms with Crippen molar-refractivity contribution in [3.05, 3.63) is 16.3 Å². The van der Waals surface area contributed by atoms with E-state index in [4.69, 9.17) is 10.7 Å². The van der Waals surface area contributed by atoms with E-state index in [1.165, 1.54) is 23.3 Å². The van der Waals surface area contributed by atoms with Crippen molar-refractivity contribution < 1.29 is 4.79 Å². The summed E-state index contributed by atoms with van der Waals surface area (Å²) in [5.74, 6) is 1.59. The van der Waals surface area contributed by atoms with Gasteiger partial charge in [-0.2, -0.15) is 0 Å². The van der Waals surface area contributed by atoms with Crippen LogP contribution in [-0.4, -0.2) is 64.9 Å². The molecule has 4 rings (SSSR count). The second-order valence-corrected chi connectivity index (χ2v) is 8.90. The number of aryl methyl sites for hydroxylation is 2. The molecule has 1 saturated heterocycles. The Morgan fingerprint density at radius 1 is 1.14 bits per heavy atom. The van der Waals surface area contributed by atoms with E-state index in [1.807, 2.05) is 0 Å². The molecular formula is C20H30N6OS. The van der Waals surface area contributed by atoms with Crippen molar-refractivity contribution in [3.8, 4) is 0 Å². The van der Waals surface area contributed by atoms with Crippen LogP contribution in [0.2, 0.25) is 0 Å². The number of carbonyl (C=O) groups is 1. The minimum Gasteiger partial charge on any atom is -0.383 e. The van der Waals surface area contributed by atoms with Crippen molar-refractivity contribution in [2.45, 2.75) is 45.6 Å². The van der Waals surface area contributed by atoms with Crippen molar-refractivity contribution in [2.75, 3.05) is 45.0 Å². The van der Waals surface area contributed by atoms with E-state index in [-0.39, 0.29) is 5.91 Å². The van der Waals surface area contributed by atoms with Crippen molar-refractivity contribution in [3.63, 3.8) is 0 Å². The molecule has 2 aromatic rings. The van der Waals surface area contributed by atoms with Crippen LogP contribution in [0, 0.1) is 0 Å². The largest absolute Gasteiger partial charge is 0.383 e. The number of piperazine rings is 1. The minimum atomic E-state index is 0.124. The maximum Gasteiger partial charge on any atom is 0.234 e. The summed E-state index contributed by atoms with van der Waals surface area (Å²) >= 11 is 1.80. The van der Waals surface area contributed by atoms with Gasteiger partial charge in [0.25, 0.3) is 0 Å². The summed E-state index contributed by atoms with van der Waals surface area (Å²) in [5, 5.41) is 4.05. The smallest absolute Gasteiger partial charge is 0.234 e. The van der Waals surface area contributed by atoms with Gasteiger partial charge in [-0.15, -0.1) is 11.3 Å². The van der Waals surface area contributed by atoms with Crippen molar-refractivity contribution >= 4 is 33.3 Å². The first-order valence-corrected chi connectivity index (χ1v) is 11.2. The van der Waals surface area contributed by atoms with E-state index >= 15 is 0 Å². The molecule has 0 saturated carbocycles. The molecule has 0 atom stereocenters. The second kappa shape index (κ2) is 8.71. The SMILES string of the molecule is CCCNC(=O)CN1CCN(Cc2nc(N)c3c4c(sc3n2)CCCC4)CC1. The number of fused-ring (bicyclic) bond motifs is 3. The molecule has 28 heavy (non-hydrogen) atoms. The van der Waals surface area contributed by atoms with Crippen LogP contribution < -0.4 is 11.1 Å². The fourth-order valence-electron chi connectivity index (χ4n) is 4.13. The molecule has 3 heterocycles. The summed E-state index contributed by atoms with van der Waals surface area (Å²) in [7, 11) is 0. The Bertz CT molecular complexity index is 843. The molecule has 0 bridgehead atoms. The summed E-state index contributed by atoms with van der Waals surface area (Å²) in [6.45, 7) is 7.66. The fourth-order valence-corrected chi connectivity index (χ4v) is 5.42. The Balaban J connectivity index is 1.36. The Labute approximate surface area is 170 Å². The number of thiophene rings is 1. The quantitative estimate of drug-likeness (QED) is 0.766. The van der Waals surface area contributed by atoms with Gasteiger partial charge in [-0.25, -0.2) is 9.97 Å². The number of nitrogens with zero attached hydrogens (tertiary/aromatic N) is 4.